The molecular formula is C27H31N5O2. The van der Waals surface area contributed by atoms with E-state index in [-0.39, 0.29) is 12.5 Å². The third-order valence-corrected chi connectivity index (χ3v) is 6.91. The minimum atomic E-state index is -0.0773. The average molecular weight is 458 g/mol. The fourth-order valence-corrected chi connectivity index (χ4v) is 4.62. The maximum atomic E-state index is 12.9. The van der Waals surface area contributed by atoms with Gasteiger partial charge in [0.1, 0.15) is 6.54 Å². The van der Waals surface area contributed by atoms with Crippen molar-refractivity contribution in [3.63, 3.8) is 0 Å². The number of amides is 1. The molecule has 1 saturated heterocycles. The Balaban J connectivity index is 1.36. The van der Waals surface area contributed by atoms with Gasteiger partial charge >= 0.3 is 0 Å². The minimum absolute atomic E-state index is 0.0773. The Bertz CT molecular complexity index is 1310. The third kappa shape index (κ3) is 4.61. The monoisotopic (exact) mass is 457 g/mol. The number of aromatic nitrogens is 3. The number of nitrogens with one attached hydrogen (secondary N) is 1. The Morgan fingerprint density at radius 3 is 2.71 bits per heavy atom. The summed E-state index contributed by atoms with van der Waals surface area (Å²) < 4.78 is 8.02. The van der Waals surface area contributed by atoms with Gasteiger partial charge in [-0.1, -0.05) is 37.3 Å². The Morgan fingerprint density at radius 2 is 1.88 bits per heavy atom. The minimum Gasteiger partial charge on any atom is -0.419 e. The number of anilines is 1. The molecule has 1 amide bonds. The van der Waals surface area contributed by atoms with E-state index in [1.807, 2.05) is 67.1 Å². The van der Waals surface area contributed by atoms with Gasteiger partial charge in [0.05, 0.1) is 12.1 Å². The predicted octanol–water partition coefficient (Wildman–Crippen LogP) is 5.18. The van der Waals surface area contributed by atoms with E-state index < -0.39 is 0 Å². The first-order valence-electron chi connectivity index (χ1n) is 12.0. The largest absolute Gasteiger partial charge is 0.419 e. The highest BCUT2D eigenvalue weighted by Gasteiger charge is 2.20. The number of carbonyl (C=O) groups is 1. The Hall–Kier alpha value is -3.45. The van der Waals surface area contributed by atoms with Crippen molar-refractivity contribution in [3.05, 3.63) is 65.7 Å². The van der Waals surface area contributed by atoms with Gasteiger partial charge in [-0.05, 0) is 69.0 Å². The number of carbonyl (C=O) groups excluding carboxylic acids is 1. The molecule has 0 aliphatic carbocycles. The van der Waals surface area contributed by atoms with Crippen LogP contribution in [-0.2, 0) is 17.9 Å². The number of para-hydroxylation sites is 1. The molecule has 0 spiro atoms. The maximum absolute atomic E-state index is 12.9. The molecule has 34 heavy (non-hydrogen) atoms. The van der Waals surface area contributed by atoms with E-state index in [2.05, 4.69) is 27.3 Å². The number of nitrogens with zero attached hydrogens (tertiary/aromatic N) is 4. The van der Waals surface area contributed by atoms with E-state index in [1.165, 1.54) is 12.8 Å². The second kappa shape index (κ2) is 9.43. The van der Waals surface area contributed by atoms with Gasteiger partial charge in [-0.3, -0.25) is 9.69 Å². The van der Waals surface area contributed by atoms with Crippen LogP contribution in [0.25, 0.3) is 22.4 Å². The number of benzene rings is 2. The van der Waals surface area contributed by atoms with Crippen LogP contribution in [0.4, 0.5) is 5.69 Å². The number of piperidine rings is 1. The molecule has 7 heteroatoms. The number of aryl methyl sites for hydroxylation is 1. The summed E-state index contributed by atoms with van der Waals surface area (Å²) in [5.41, 5.74) is 4.88. The second-order valence-electron chi connectivity index (χ2n) is 9.44. The Labute approximate surface area is 199 Å². The lowest BCUT2D eigenvalue weighted by molar-refractivity contribution is -0.116. The van der Waals surface area contributed by atoms with Gasteiger partial charge in [-0.2, -0.15) is 0 Å². The van der Waals surface area contributed by atoms with Crippen LogP contribution in [-0.4, -0.2) is 38.7 Å². The molecule has 2 aromatic heterocycles. The van der Waals surface area contributed by atoms with E-state index in [1.54, 1.807) is 0 Å². The number of likely N-dealkylation sites (tertiary alicyclic amines) is 1. The molecule has 5 rings (SSSR count). The molecule has 0 radical (unpaired) electrons. The van der Waals surface area contributed by atoms with Crippen LogP contribution in [0.5, 0.6) is 0 Å². The summed E-state index contributed by atoms with van der Waals surface area (Å²) in [4.78, 5) is 15.3. The van der Waals surface area contributed by atoms with Gasteiger partial charge in [0.25, 0.3) is 0 Å². The SMILES string of the molecule is Cc1cccc(NC(=O)Cn2cc(-c3nnc(CN4CCC(C)CC4)o3)c3ccccc32)c1C. The zero-order chi connectivity index (χ0) is 23.7. The van der Waals surface area contributed by atoms with E-state index in [9.17, 15) is 4.79 Å². The molecule has 1 fully saturated rings. The van der Waals surface area contributed by atoms with E-state index >= 15 is 0 Å². The van der Waals surface area contributed by atoms with Crippen LogP contribution in [0, 0.1) is 19.8 Å². The van der Waals surface area contributed by atoms with Crippen LogP contribution >= 0.6 is 0 Å². The lowest BCUT2D eigenvalue weighted by atomic mass is 9.99. The van der Waals surface area contributed by atoms with Crippen LogP contribution in [0.2, 0.25) is 0 Å². The normalized spacial score (nSPS) is 15.1. The fourth-order valence-electron chi connectivity index (χ4n) is 4.62. The summed E-state index contributed by atoms with van der Waals surface area (Å²) in [5, 5.41) is 12.7. The van der Waals surface area contributed by atoms with Crippen molar-refractivity contribution in [1.82, 2.24) is 19.7 Å². The summed E-state index contributed by atoms with van der Waals surface area (Å²) in [6.45, 7) is 9.37. The molecule has 0 bridgehead atoms. The predicted molar refractivity (Wildman–Crippen MR) is 133 cm³/mol. The summed E-state index contributed by atoms with van der Waals surface area (Å²) in [7, 11) is 0. The van der Waals surface area contributed by atoms with Crippen molar-refractivity contribution in [2.45, 2.75) is 46.7 Å². The molecule has 0 saturated carbocycles. The van der Waals surface area contributed by atoms with E-state index in [0.717, 1.165) is 52.3 Å². The molecule has 176 valence electrons. The number of rotatable bonds is 6. The molecule has 7 nitrogen and oxygen atoms in total. The first kappa shape index (κ1) is 22.3. The number of hydrogen-bond acceptors (Lipinski definition) is 5. The first-order valence-corrected chi connectivity index (χ1v) is 12.0. The van der Waals surface area contributed by atoms with Crippen molar-refractivity contribution in [3.8, 4) is 11.5 Å². The highest BCUT2D eigenvalue weighted by Crippen LogP contribution is 2.30. The van der Waals surface area contributed by atoms with Crippen molar-refractivity contribution in [1.29, 1.82) is 0 Å². The number of hydrogen-bond donors (Lipinski definition) is 1. The Morgan fingerprint density at radius 1 is 1.09 bits per heavy atom. The molecule has 1 aliphatic rings. The van der Waals surface area contributed by atoms with Crippen LogP contribution in [0.1, 0.15) is 36.8 Å². The molecule has 0 unspecified atom stereocenters. The van der Waals surface area contributed by atoms with Gasteiger partial charge in [-0.15, -0.1) is 10.2 Å². The average Bonchev–Trinajstić information content (AvgIpc) is 3.43. The van der Waals surface area contributed by atoms with Crippen LogP contribution in [0.3, 0.4) is 0 Å². The maximum Gasteiger partial charge on any atom is 0.249 e. The van der Waals surface area contributed by atoms with Crippen molar-refractivity contribution >= 4 is 22.5 Å². The molecule has 1 N–H and O–H groups in total. The zero-order valence-electron chi connectivity index (χ0n) is 20.0. The van der Waals surface area contributed by atoms with Gasteiger partial charge in [-0.25, -0.2) is 0 Å². The lowest BCUT2D eigenvalue weighted by Gasteiger charge is -2.28. The van der Waals surface area contributed by atoms with Gasteiger partial charge < -0.3 is 14.3 Å². The summed E-state index contributed by atoms with van der Waals surface area (Å²) in [6, 6.07) is 13.9. The fraction of sp³-hybridized carbons (Fsp3) is 0.370. The third-order valence-electron chi connectivity index (χ3n) is 6.91. The van der Waals surface area contributed by atoms with Gasteiger partial charge in [0, 0.05) is 22.8 Å². The second-order valence-corrected chi connectivity index (χ2v) is 9.44. The molecule has 0 atom stereocenters. The van der Waals surface area contributed by atoms with E-state index in [4.69, 9.17) is 4.42 Å². The molecule has 4 aromatic rings. The lowest BCUT2D eigenvalue weighted by Crippen LogP contribution is -2.32. The van der Waals surface area contributed by atoms with Gasteiger partial charge in [0.2, 0.25) is 17.7 Å². The summed E-state index contributed by atoms with van der Waals surface area (Å²) in [5.74, 6) is 1.83. The molecular weight excluding hydrogens is 426 g/mol. The highest BCUT2D eigenvalue weighted by atomic mass is 16.4. The standard InChI is InChI=1S/C27H31N5O2/c1-18-11-13-31(14-12-18)17-26-29-30-27(34-26)22-15-32(24-10-5-4-8-21(22)24)16-25(33)28-23-9-6-7-19(2)20(23)3/h4-10,15,18H,11-14,16-17H2,1-3H3,(H,28,33). The zero-order valence-corrected chi connectivity index (χ0v) is 20.0. The Kier molecular flexibility index (Phi) is 6.20. The highest BCUT2D eigenvalue weighted by molar-refractivity contribution is 5.97. The number of fused-ring (bicyclic) bond motifs is 1. The van der Waals surface area contributed by atoms with E-state index in [0.29, 0.717) is 18.3 Å². The first-order chi connectivity index (χ1) is 16.5. The quantitative estimate of drug-likeness (QED) is 0.432. The summed E-state index contributed by atoms with van der Waals surface area (Å²) >= 11 is 0. The van der Waals surface area contributed by atoms with Gasteiger partial charge in [0.15, 0.2) is 0 Å². The smallest absolute Gasteiger partial charge is 0.249 e. The molecule has 3 heterocycles. The van der Waals surface area contributed by atoms with Crippen molar-refractivity contribution in [2.24, 2.45) is 5.92 Å². The molecule has 1 aliphatic heterocycles. The summed E-state index contributed by atoms with van der Waals surface area (Å²) in [6.07, 6.45) is 4.35. The van der Waals surface area contributed by atoms with Crippen molar-refractivity contribution in [2.75, 3.05) is 18.4 Å². The van der Waals surface area contributed by atoms with Crippen LogP contribution < -0.4 is 5.32 Å². The molecule has 2 aromatic carbocycles. The topological polar surface area (TPSA) is 76.2 Å². The van der Waals surface area contributed by atoms with Crippen molar-refractivity contribution < 1.29 is 9.21 Å². The van der Waals surface area contributed by atoms with Crippen LogP contribution in [0.15, 0.2) is 53.1 Å².